The van der Waals surface area contributed by atoms with Gasteiger partial charge in [0, 0.05) is 10.7 Å². The molecule has 0 amide bonds. The number of carboxylic acid groups (broad SMARTS) is 1. The molecule has 1 aromatic carbocycles. The van der Waals surface area contributed by atoms with Gasteiger partial charge >= 0.3 is 5.97 Å². The van der Waals surface area contributed by atoms with Crippen LogP contribution in [0.2, 0.25) is 0 Å². The first kappa shape index (κ1) is 13.6. The van der Waals surface area contributed by atoms with Crippen molar-refractivity contribution in [3.63, 3.8) is 0 Å². The lowest BCUT2D eigenvalue weighted by Gasteiger charge is -2.12. The number of ether oxygens (including phenoxy) is 2. The van der Waals surface area contributed by atoms with Crippen molar-refractivity contribution in [2.75, 3.05) is 14.2 Å². The van der Waals surface area contributed by atoms with Crippen LogP contribution in [0.1, 0.15) is 10.4 Å². The molecule has 1 aromatic rings. The molecule has 0 atom stereocenters. The highest BCUT2D eigenvalue weighted by molar-refractivity contribution is 8.14. The molecule has 0 fully saturated rings. The summed E-state index contributed by atoms with van der Waals surface area (Å²) in [5, 5.41) is 8.89. The van der Waals surface area contributed by atoms with Gasteiger partial charge in [-0.2, -0.15) is 0 Å². The minimum absolute atomic E-state index is 0.0816. The molecule has 94 valence electrons. The quantitative estimate of drug-likeness (QED) is 0.837. The van der Waals surface area contributed by atoms with Gasteiger partial charge in [-0.15, -0.1) is 0 Å². The van der Waals surface area contributed by atoms with Crippen LogP contribution < -0.4 is 9.47 Å². The van der Waals surface area contributed by atoms with E-state index in [9.17, 15) is 13.2 Å². The Morgan fingerprint density at radius 2 is 1.88 bits per heavy atom. The predicted octanol–water partition coefficient (Wildman–Crippen LogP) is 1.33. The van der Waals surface area contributed by atoms with E-state index in [1.165, 1.54) is 19.2 Å². The maximum Gasteiger partial charge on any atom is 0.339 e. The number of hydrogen-bond acceptors (Lipinski definition) is 5. The first-order valence-electron chi connectivity index (χ1n) is 4.25. The molecule has 1 N–H and O–H groups in total. The van der Waals surface area contributed by atoms with Crippen molar-refractivity contribution in [2.24, 2.45) is 0 Å². The fourth-order valence-corrected chi connectivity index (χ4v) is 2.55. The lowest BCUT2D eigenvalue weighted by molar-refractivity contribution is 0.0692. The van der Waals surface area contributed by atoms with Gasteiger partial charge in [-0.1, -0.05) is 0 Å². The zero-order valence-corrected chi connectivity index (χ0v) is 10.5. The predicted molar refractivity (Wildman–Crippen MR) is 59.5 cm³/mol. The molecule has 8 heteroatoms. The molecule has 0 aromatic heterocycles. The van der Waals surface area contributed by atoms with Crippen LogP contribution in [0.4, 0.5) is 0 Å². The van der Waals surface area contributed by atoms with Gasteiger partial charge in [0.2, 0.25) is 0 Å². The normalized spacial score (nSPS) is 11.0. The summed E-state index contributed by atoms with van der Waals surface area (Å²) < 4.78 is 32.4. The summed E-state index contributed by atoms with van der Waals surface area (Å²) in [4.78, 5) is 10.4. The summed E-state index contributed by atoms with van der Waals surface area (Å²) in [7, 11) is 3.42. The van der Waals surface area contributed by atoms with E-state index in [1.54, 1.807) is 0 Å². The Morgan fingerprint density at radius 1 is 1.29 bits per heavy atom. The van der Waals surface area contributed by atoms with Gasteiger partial charge in [0.05, 0.1) is 14.2 Å². The van der Waals surface area contributed by atoms with Crippen LogP contribution in [0.3, 0.4) is 0 Å². The van der Waals surface area contributed by atoms with Crippen molar-refractivity contribution in [1.82, 2.24) is 0 Å². The van der Waals surface area contributed by atoms with Crippen LogP contribution >= 0.6 is 10.7 Å². The van der Waals surface area contributed by atoms with Gasteiger partial charge in [-0.25, -0.2) is 13.2 Å². The summed E-state index contributed by atoms with van der Waals surface area (Å²) in [6.45, 7) is 0. The second-order valence-electron chi connectivity index (χ2n) is 2.92. The molecule has 0 saturated carbocycles. The SMILES string of the molecule is COc1ccc(C(=O)O)c(OC)c1S(=O)(=O)Cl. The zero-order valence-electron chi connectivity index (χ0n) is 8.93. The molecule has 0 aliphatic heterocycles. The van der Waals surface area contributed by atoms with Gasteiger partial charge in [0.15, 0.2) is 10.6 Å². The monoisotopic (exact) mass is 280 g/mol. The molecular weight excluding hydrogens is 272 g/mol. The molecule has 0 heterocycles. The van der Waals surface area contributed by atoms with Crippen LogP contribution in [0.5, 0.6) is 11.5 Å². The number of carbonyl (C=O) groups is 1. The molecule has 17 heavy (non-hydrogen) atoms. The molecule has 0 spiro atoms. The number of halogens is 1. The van der Waals surface area contributed by atoms with E-state index in [2.05, 4.69) is 0 Å². The fraction of sp³-hybridized carbons (Fsp3) is 0.222. The smallest absolute Gasteiger partial charge is 0.339 e. The summed E-state index contributed by atoms with van der Waals surface area (Å²) in [6.07, 6.45) is 0. The van der Waals surface area contributed by atoms with Crippen molar-refractivity contribution in [2.45, 2.75) is 4.90 Å². The van der Waals surface area contributed by atoms with Crippen molar-refractivity contribution >= 4 is 25.7 Å². The van der Waals surface area contributed by atoms with Crippen molar-refractivity contribution in [3.05, 3.63) is 17.7 Å². The van der Waals surface area contributed by atoms with Crippen LogP contribution in [-0.4, -0.2) is 33.7 Å². The Bertz CT molecular complexity index is 551. The third kappa shape index (κ3) is 2.62. The Morgan fingerprint density at radius 3 is 2.24 bits per heavy atom. The lowest BCUT2D eigenvalue weighted by Crippen LogP contribution is -2.06. The van der Waals surface area contributed by atoms with Crippen LogP contribution in [0.15, 0.2) is 17.0 Å². The summed E-state index contributed by atoms with van der Waals surface area (Å²) in [5.74, 6) is -1.76. The average Bonchev–Trinajstić information content (AvgIpc) is 2.25. The molecule has 1 rings (SSSR count). The van der Waals surface area contributed by atoms with Crippen molar-refractivity contribution in [1.29, 1.82) is 0 Å². The molecule has 0 radical (unpaired) electrons. The third-order valence-electron chi connectivity index (χ3n) is 1.97. The molecular formula is C9H9ClO6S. The number of carboxylic acids is 1. The number of aromatic carboxylic acids is 1. The summed E-state index contributed by atoms with van der Waals surface area (Å²) >= 11 is 0. The van der Waals surface area contributed by atoms with Crippen LogP contribution in [-0.2, 0) is 9.05 Å². The van der Waals surface area contributed by atoms with E-state index in [0.29, 0.717) is 0 Å². The molecule has 0 aliphatic carbocycles. The van der Waals surface area contributed by atoms with E-state index in [-0.39, 0.29) is 17.1 Å². The lowest BCUT2D eigenvalue weighted by atomic mass is 10.2. The van der Waals surface area contributed by atoms with Crippen LogP contribution in [0.25, 0.3) is 0 Å². The van der Waals surface area contributed by atoms with E-state index >= 15 is 0 Å². The van der Waals surface area contributed by atoms with Crippen molar-refractivity contribution in [3.8, 4) is 11.5 Å². The first-order chi connectivity index (χ1) is 7.82. The zero-order chi connectivity index (χ0) is 13.2. The Hall–Kier alpha value is -1.47. The Kier molecular flexibility index (Phi) is 3.84. The van der Waals surface area contributed by atoms with E-state index in [4.69, 9.17) is 25.3 Å². The fourth-order valence-electron chi connectivity index (χ4n) is 1.31. The average molecular weight is 281 g/mol. The first-order valence-corrected chi connectivity index (χ1v) is 6.56. The van der Waals surface area contributed by atoms with Gasteiger partial charge in [0.25, 0.3) is 9.05 Å². The minimum atomic E-state index is -4.19. The van der Waals surface area contributed by atoms with Gasteiger partial charge in [0.1, 0.15) is 11.3 Å². The maximum atomic E-state index is 11.4. The summed E-state index contributed by atoms with van der Waals surface area (Å²) in [6, 6.07) is 2.37. The van der Waals surface area contributed by atoms with E-state index in [0.717, 1.165) is 7.11 Å². The molecule has 0 saturated heterocycles. The van der Waals surface area contributed by atoms with E-state index < -0.39 is 19.9 Å². The number of hydrogen-bond donors (Lipinski definition) is 1. The highest BCUT2D eigenvalue weighted by Crippen LogP contribution is 2.38. The topological polar surface area (TPSA) is 89.9 Å². The standard InChI is InChI=1S/C9H9ClO6S/c1-15-6-4-3-5(9(11)12)7(16-2)8(6)17(10,13)14/h3-4H,1-2H3,(H,11,12). The second-order valence-corrected chi connectivity index (χ2v) is 5.42. The number of rotatable bonds is 4. The minimum Gasteiger partial charge on any atom is -0.495 e. The largest absolute Gasteiger partial charge is 0.495 e. The Labute approximate surface area is 102 Å². The van der Waals surface area contributed by atoms with Gasteiger partial charge < -0.3 is 14.6 Å². The van der Waals surface area contributed by atoms with E-state index in [1.807, 2.05) is 0 Å². The number of benzene rings is 1. The Balaban J connectivity index is 3.73. The van der Waals surface area contributed by atoms with Gasteiger partial charge in [-0.05, 0) is 12.1 Å². The summed E-state index contributed by atoms with van der Waals surface area (Å²) in [5.41, 5.74) is -0.312. The van der Waals surface area contributed by atoms with Crippen molar-refractivity contribution < 1.29 is 27.8 Å². The third-order valence-corrected chi connectivity index (χ3v) is 3.31. The second kappa shape index (κ2) is 4.80. The molecule has 0 aliphatic rings. The van der Waals surface area contributed by atoms with Crippen LogP contribution in [0, 0.1) is 0 Å². The van der Waals surface area contributed by atoms with Gasteiger partial charge in [-0.3, -0.25) is 0 Å². The maximum absolute atomic E-state index is 11.4. The number of methoxy groups -OCH3 is 2. The molecule has 6 nitrogen and oxygen atoms in total. The highest BCUT2D eigenvalue weighted by atomic mass is 35.7. The molecule has 0 unspecified atom stereocenters. The molecule has 0 bridgehead atoms. The highest BCUT2D eigenvalue weighted by Gasteiger charge is 2.27.